The van der Waals surface area contributed by atoms with Gasteiger partial charge < -0.3 is 15.7 Å². The summed E-state index contributed by atoms with van der Waals surface area (Å²) in [4.78, 5) is 0. The molecule has 0 radical (unpaired) electrons. The highest BCUT2D eigenvalue weighted by atomic mass is 19.4. The van der Waals surface area contributed by atoms with Crippen molar-refractivity contribution in [2.75, 3.05) is 10.6 Å². The number of H-pyrrole nitrogens is 1. The number of halogens is 3. The van der Waals surface area contributed by atoms with Gasteiger partial charge in [-0.05, 0) is 56.0 Å². The highest BCUT2D eigenvalue weighted by molar-refractivity contribution is 5.93. The van der Waals surface area contributed by atoms with Crippen molar-refractivity contribution in [3.05, 3.63) is 48.2 Å². The fourth-order valence-electron chi connectivity index (χ4n) is 3.69. The molecule has 2 atom stereocenters. The molecule has 5 nitrogen and oxygen atoms in total. The fraction of sp³-hybridized carbons (Fsp3) is 0.350. The van der Waals surface area contributed by atoms with Crippen molar-refractivity contribution in [1.29, 1.82) is 0 Å². The lowest BCUT2D eigenvalue weighted by Gasteiger charge is -2.27. The average Bonchev–Trinajstić information content (AvgIpc) is 3.10. The monoisotopic (exact) mass is 390 g/mol. The van der Waals surface area contributed by atoms with Crippen molar-refractivity contribution in [2.24, 2.45) is 0 Å². The van der Waals surface area contributed by atoms with Gasteiger partial charge in [0.25, 0.3) is 0 Å². The highest BCUT2D eigenvalue weighted by Crippen LogP contribution is 2.36. The summed E-state index contributed by atoms with van der Waals surface area (Å²) >= 11 is 0. The lowest BCUT2D eigenvalue weighted by molar-refractivity contribution is -0.137. The summed E-state index contributed by atoms with van der Waals surface area (Å²) in [6.45, 7) is 0. The molecule has 1 aromatic heterocycles. The largest absolute Gasteiger partial charge is 0.416 e. The van der Waals surface area contributed by atoms with Gasteiger partial charge >= 0.3 is 6.18 Å². The third kappa shape index (κ3) is 4.06. The number of aliphatic hydroxyl groups is 1. The van der Waals surface area contributed by atoms with Gasteiger partial charge in [-0.1, -0.05) is 6.07 Å². The third-order valence-electron chi connectivity index (χ3n) is 5.04. The van der Waals surface area contributed by atoms with E-state index in [1.54, 1.807) is 6.07 Å². The van der Waals surface area contributed by atoms with Crippen LogP contribution >= 0.6 is 0 Å². The van der Waals surface area contributed by atoms with Crippen LogP contribution in [0, 0.1) is 0 Å². The summed E-state index contributed by atoms with van der Waals surface area (Å²) in [6, 6.07) is 9.74. The zero-order valence-corrected chi connectivity index (χ0v) is 15.1. The normalized spacial score (nSPS) is 20.3. The van der Waals surface area contributed by atoms with E-state index in [4.69, 9.17) is 0 Å². The number of aromatic amines is 1. The standard InChI is InChI=1S/C20H21F3N4O/c21-20(22,23)12-7-18(17-11-24-27-19(17)8-12)26-14-4-1-3-13(9-14)25-15-5-2-6-16(28)10-15/h1,3-4,7-9,11,15-16,25-26,28H,2,5-6,10H2,(H,24,27). The van der Waals surface area contributed by atoms with Gasteiger partial charge in [-0.15, -0.1) is 0 Å². The molecule has 148 valence electrons. The number of nitrogens with one attached hydrogen (secondary N) is 3. The predicted molar refractivity (Wildman–Crippen MR) is 103 cm³/mol. The lowest BCUT2D eigenvalue weighted by atomic mass is 9.93. The van der Waals surface area contributed by atoms with Crippen LogP contribution < -0.4 is 10.6 Å². The Bertz CT molecular complexity index is 969. The second-order valence-electron chi connectivity index (χ2n) is 7.22. The van der Waals surface area contributed by atoms with Crippen LogP contribution in [0.5, 0.6) is 0 Å². The quantitative estimate of drug-likeness (QED) is 0.504. The molecule has 1 aliphatic rings. The van der Waals surface area contributed by atoms with Crippen molar-refractivity contribution < 1.29 is 18.3 Å². The first-order valence-electron chi connectivity index (χ1n) is 9.24. The SMILES string of the molecule is OC1CCCC(Nc2cccc(Nc3cc(C(F)(F)F)cc4[nH]ncc34)c2)C1. The Morgan fingerprint density at radius 2 is 1.93 bits per heavy atom. The molecule has 1 aliphatic carbocycles. The maximum Gasteiger partial charge on any atom is 0.416 e. The topological polar surface area (TPSA) is 73.0 Å². The molecule has 8 heteroatoms. The molecule has 28 heavy (non-hydrogen) atoms. The number of aromatic nitrogens is 2. The zero-order valence-electron chi connectivity index (χ0n) is 15.1. The second kappa shape index (κ2) is 7.35. The smallest absolute Gasteiger partial charge is 0.393 e. The Kier molecular flexibility index (Phi) is 4.89. The number of nitrogens with zero attached hydrogens (tertiary/aromatic N) is 1. The van der Waals surface area contributed by atoms with Crippen molar-refractivity contribution in [2.45, 2.75) is 44.0 Å². The van der Waals surface area contributed by atoms with Crippen molar-refractivity contribution >= 4 is 28.0 Å². The number of fused-ring (bicyclic) bond motifs is 1. The Morgan fingerprint density at radius 3 is 2.71 bits per heavy atom. The minimum Gasteiger partial charge on any atom is -0.393 e. The van der Waals surface area contributed by atoms with E-state index >= 15 is 0 Å². The number of rotatable bonds is 4. The van der Waals surface area contributed by atoms with E-state index in [0.717, 1.165) is 37.1 Å². The molecule has 4 N–H and O–H groups in total. The predicted octanol–water partition coefficient (Wildman–Crippen LogP) is 5.04. The lowest BCUT2D eigenvalue weighted by Crippen LogP contribution is -2.29. The number of anilines is 3. The van der Waals surface area contributed by atoms with Crippen molar-refractivity contribution in [1.82, 2.24) is 10.2 Å². The number of alkyl halides is 3. The number of hydrogen-bond donors (Lipinski definition) is 4. The molecular weight excluding hydrogens is 369 g/mol. The van der Waals surface area contributed by atoms with E-state index in [1.165, 1.54) is 6.20 Å². The minimum absolute atomic E-state index is 0.188. The molecule has 3 aromatic rings. The van der Waals surface area contributed by atoms with E-state index in [2.05, 4.69) is 20.8 Å². The first-order valence-corrected chi connectivity index (χ1v) is 9.24. The molecule has 1 heterocycles. The molecule has 0 amide bonds. The number of benzene rings is 2. The first kappa shape index (κ1) is 18.6. The van der Waals surface area contributed by atoms with Crippen LogP contribution in [0.1, 0.15) is 31.2 Å². The summed E-state index contributed by atoms with van der Waals surface area (Å²) in [5.41, 5.74) is 1.45. The number of hydrogen-bond acceptors (Lipinski definition) is 4. The summed E-state index contributed by atoms with van der Waals surface area (Å²) in [5, 5.41) is 23.4. The summed E-state index contributed by atoms with van der Waals surface area (Å²) in [7, 11) is 0. The molecule has 2 aromatic carbocycles. The van der Waals surface area contributed by atoms with Crippen LogP contribution in [0.2, 0.25) is 0 Å². The molecule has 4 rings (SSSR count). The molecule has 0 bridgehead atoms. The molecule has 0 saturated heterocycles. The van der Waals surface area contributed by atoms with E-state index in [-0.39, 0.29) is 12.1 Å². The maximum atomic E-state index is 13.2. The molecule has 1 saturated carbocycles. The first-order chi connectivity index (χ1) is 13.4. The van der Waals surface area contributed by atoms with Gasteiger partial charge in [-0.3, -0.25) is 5.10 Å². The Labute approximate surface area is 160 Å². The second-order valence-corrected chi connectivity index (χ2v) is 7.22. The Hall–Kier alpha value is -2.74. The molecule has 1 fully saturated rings. The average molecular weight is 390 g/mol. The minimum atomic E-state index is -4.44. The van der Waals surface area contributed by atoms with Gasteiger partial charge in [0.15, 0.2) is 0 Å². The molecular formula is C20H21F3N4O. The van der Waals surface area contributed by atoms with E-state index in [0.29, 0.717) is 28.7 Å². The summed E-state index contributed by atoms with van der Waals surface area (Å²) in [5.74, 6) is 0. The maximum absolute atomic E-state index is 13.2. The Balaban J connectivity index is 1.58. The third-order valence-corrected chi connectivity index (χ3v) is 5.04. The van der Waals surface area contributed by atoms with Crippen LogP contribution in [0.3, 0.4) is 0 Å². The van der Waals surface area contributed by atoms with Gasteiger partial charge in [0.1, 0.15) is 0 Å². The van der Waals surface area contributed by atoms with Gasteiger partial charge in [-0.25, -0.2) is 0 Å². The van der Waals surface area contributed by atoms with Gasteiger partial charge in [0, 0.05) is 22.8 Å². The van der Waals surface area contributed by atoms with Crippen LogP contribution in [-0.2, 0) is 6.18 Å². The summed E-state index contributed by atoms with van der Waals surface area (Å²) in [6.07, 6.45) is 0.255. The van der Waals surface area contributed by atoms with Crippen molar-refractivity contribution in [3.63, 3.8) is 0 Å². The van der Waals surface area contributed by atoms with Crippen molar-refractivity contribution in [3.8, 4) is 0 Å². The zero-order chi connectivity index (χ0) is 19.7. The van der Waals surface area contributed by atoms with Crippen LogP contribution in [-0.4, -0.2) is 27.4 Å². The van der Waals surface area contributed by atoms with Gasteiger partial charge in [-0.2, -0.15) is 18.3 Å². The van der Waals surface area contributed by atoms with E-state index in [1.807, 2.05) is 18.2 Å². The van der Waals surface area contributed by atoms with Crippen LogP contribution in [0.25, 0.3) is 10.9 Å². The van der Waals surface area contributed by atoms with Gasteiger partial charge in [0.2, 0.25) is 0 Å². The van der Waals surface area contributed by atoms with E-state index < -0.39 is 11.7 Å². The van der Waals surface area contributed by atoms with E-state index in [9.17, 15) is 18.3 Å². The molecule has 2 unspecified atom stereocenters. The highest BCUT2D eigenvalue weighted by Gasteiger charge is 2.31. The number of aliphatic hydroxyl groups excluding tert-OH is 1. The van der Waals surface area contributed by atoms with Crippen LogP contribution in [0.4, 0.5) is 30.2 Å². The van der Waals surface area contributed by atoms with Crippen LogP contribution in [0.15, 0.2) is 42.6 Å². The molecule has 0 spiro atoms. The van der Waals surface area contributed by atoms with Gasteiger partial charge in [0.05, 0.1) is 29.1 Å². The fourth-order valence-corrected chi connectivity index (χ4v) is 3.69. The summed E-state index contributed by atoms with van der Waals surface area (Å²) < 4.78 is 39.6. The molecule has 0 aliphatic heterocycles. The Morgan fingerprint density at radius 1 is 1.11 bits per heavy atom.